The molecule has 0 saturated heterocycles. The molecule has 0 bridgehead atoms. The third-order valence-corrected chi connectivity index (χ3v) is 6.28. The lowest BCUT2D eigenvalue weighted by atomic mass is 9.87. The van der Waals surface area contributed by atoms with Crippen molar-refractivity contribution in [3.63, 3.8) is 0 Å². The molecule has 194 valence electrons. The van der Waals surface area contributed by atoms with Gasteiger partial charge in [-0.1, -0.05) is 24.1 Å². The molecule has 36 heavy (non-hydrogen) atoms. The van der Waals surface area contributed by atoms with Gasteiger partial charge in [0.1, 0.15) is 11.6 Å². The van der Waals surface area contributed by atoms with Crippen LogP contribution in [0.15, 0.2) is 41.2 Å². The Balaban J connectivity index is 1.66. The molecule has 11 heteroatoms. The van der Waals surface area contributed by atoms with Gasteiger partial charge in [0, 0.05) is 36.1 Å². The second kappa shape index (κ2) is 11.3. The number of hydrogen-bond donors (Lipinski definition) is 4. The molecule has 0 radical (unpaired) electrons. The fourth-order valence-electron chi connectivity index (χ4n) is 4.72. The van der Waals surface area contributed by atoms with Crippen LogP contribution in [0.1, 0.15) is 23.7 Å². The van der Waals surface area contributed by atoms with Crippen molar-refractivity contribution in [2.75, 3.05) is 40.0 Å². The molecular formula is C25H30F4N6O. The van der Waals surface area contributed by atoms with E-state index in [1.165, 1.54) is 18.2 Å². The second-order valence-electron chi connectivity index (χ2n) is 8.75. The van der Waals surface area contributed by atoms with Crippen LogP contribution in [0.2, 0.25) is 0 Å². The number of benzene rings is 1. The van der Waals surface area contributed by atoms with E-state index in [4.69, 9.17) is 10.5 Å². The van der Waals surface area contributed by atoms with Gasteiger partial charge in [-0.05, 0) is 30.5 Å². The number of halogens is 4. The third-order valence-electron chi connectivity index (χ3n) is 6.28. The number of H-pyrrole nitrogens is 1. The summed E-state index contributed by atoms with van der Waals surface area (Å²) in [6.07, 6.45) is -3.10. The number of aliphatic imine (C=N–C) groups is 1. The number of aromatic amines is 1. The molecule has 0 aliphatic carbocycles. The molecule has 0 spiro atoms. The maximum Gasteiger partial charge on any atom is 0.401 e. The molecule has 4 rings (SSSR count). The normalized spacial score (nSPS) is 22.2. The van der Waals surface area contributed by atoms with Crippen LogP contribution in [0.25, 0.3) is 10.9 Å². The van der Waals surface area contributed by atoms with Crippen molar-refractivity contribution in [3.8, 4) is 11.8 Å². The highest BCUT2D eigenvalue weighted by Crippen LogP contribution is 2.42. The van der Waals surface area contributed by atoms with Crippen molar-refractivity contribution >= 4 is 16.8 Å². The maximum atomic E-state index is 13.7. The molecule has 1 aromatic heterocycles. The molecule has 7 nitrogen and oxygen atoms in total. The number of nitrogens with two attached hydrogens (primary N) is 1. The lowest BCUT2D eigenvalue weighted by Gasteiger charge is -2.42. The zero-order valence-electron chi connectivity index (χ0n) is 20.0. The summed E-state index contributed by atoms with van der Waals surface area (Å²) in [5, 5.41) is 7.18. The van der Waals surface area contributed by atoms with Crippen LogP contribution in [-0.4, -0.2) is 68.1 Å². The minimum Gasteiger partial charge on any atom is -0.483 e. The summed E-state index contributed by atoms with van der Waals surface area (Å²) >= 11 is 0. The van der Waals surface area contributed by atoms with Crippen LogP contribution >= 0.6 is 0 Å². The van der Waals surface area contributed by atoms with Crippen LogP contribution in [0.4, 0.5) is 17.6 Å². The van der Waals surface area contributed by atoms with E-state index >= 15 is 0 Å². The van der Waals surface area contributed by atoms with Crippen molar-refractivity contribution in [2.45, 2.75) is 31.2 Å². The highest BCUT2D eigenvalue weighted by atomic mass is 19.4. The number of methoxy groups -OCH3 is 1. The summed E-state index contributed by atoms with van der Waals surface area (Å²) < 4.78 is 58.7. The third kappa shape index (κ3) is 5.83. The predicted molar refractivity (Wildman–Crippen MR) is 131 cm³/mol. The van der Waals surface area contributed by atoms with E-state index in [1.807, 2.05) is 24.3 Å². The van der Waals surface area contributed by atoms with E-state index in [2.05, 4.69) is 32.5 Å². The van der Waals surface area contributed by atoms with E-state index in [-0.39, 0.29) is 19.0 Å². The summed E-state index contributed by atoms with van der Waals surface area (Å²) in [6, 6.07) is 6.73. The Hall–Kier alpha value is -3.07. The topological polar surface area (TPSA) is 90.7 Å². The molecular weight excluding hydrogens is 476 g/mol. The zero-order valence-corrected chi connectivity index (χ0v) is 20.0. The fourth-order valence-corrected chi connectivity index (χ4v) is 4.72. The zero-order chi connectivity index (χ0) is 25.7. The number of allylic oxidation sites excluding steroid dienone is 1. The summed E-state index contributed by atoms with van der Waals surface area (Å²) in [4.78, 5) is 8.96. The first kappa shape index (κ1) is 26.0. The summed E-state index contributed by atoms with van der Waals surface area (Å²) in [5.41, 5.74) is 9.20. The van der Waals surface area contributed by atoms with Crippen LogP contribution in [0, 0.1) is 17.8 Å². The van der Waals surface area contributed by atoms with E-state index in [0.717, 1.165) is 16.5 Å². The van der Waals surface area contributed by atoms with Gasteiger partial charge in [-0.3, -0.25) is 9.29 Å². The molecule has 1 unspecified atom stereocenters. The van der Waals surface area contributed by atoms with Gasteiger partial charge < -0.3 is 26.1 Å². The first-order valence-electron chi connectivity index (χ1n) is 11.8. The van der Waals surface area contributed by atoms with Gasteiger partial charge in [-0.2, -0.15) is 13.2 Å². The summed E-state index contributed by atoms with van der Waals surface area (Å²) in [6.45, 7) is 0.127. The smallest absolute Gasteiger partial charge is 0.401 e. The Bertz CT molecular complexity index is 1180. The minimum absolute atomic E-state index is 0.205. The van der Waals surface area contributed by atoms with E-state index in [0.29, 0.717) is 37.4 Å². The Morgan fingerprint density at radius 1 is 1.25 bits per heavy atom. The molecule has 3 heterocycles. The van der Waals surface area contributed by atoms with Gasteiger partial charge in [0.05, 0.1) is 38.7 Å². The van der Waals surface area contributed by atoms with Crippen molar-refractivity contribution in [2.24, 2.45) is 16.6 Å². The average molecular weight is 507 g/mol. The maximum absolute atomic E-state index is 13.7. The molecule has 0 fully saturated rings. The van der Waals surface area contributed by atoms with Crippen molar-refractivity contribution in [1.82, 2.24) is 20.5 Å². The first-order valence-corrected chi connectivity index (χ1v) is 11.8. The standard InChI is InChI=1S/C25H30F4N6O/c1-36-24-18(8-7-16(14-33-24)32-12-11-31-10-4-9-26)23-22-19(17-5-2-3-6-20(17)34-22)13-21(30)35(23)15-25(27,28)29/h2-3,5-6,14,18,21,23,31-32,34H,4,9-13,15,30H2,1H3/t18?,21-,23+/m0/s1. The van der Waals surface area contributed by atoms with Gasteiger partial charge in [-0.25, -0.2) is 4.99 Å². The SMILES string of the molecule is COC1=NC=C(NCCNCCCF)C#CC1[C@@H]1c2[nH]c3ccccc3c2C[C@@H](N)N1CC(F)(F)F. The highest BCUT2D eigenvalue weighted by molar-refractivity contribution is 5.87. The summed E-state index contributed by atoms with van der Waals surface area (Å²) in [7, 11) is 1.43. The molecule has 0 saturated carbocycles. The number of nitrogens with zero attached hydrogens (tertiary/aromatic N) is 2. The Morgan fingerprint density at radius 2 is 2.06 bits per heavy atom. The number of fused-ring (bicyclic) bond motifs is 3. The lowest BCUT2D eigenvalue weighted by Crippen LogP contribution is -2.54. The van der Waals surface area contributed by atoms with Crippen molar-refractivity contribution in [3.05, 3.63) is 47.4 Å². The molecule has 1 aromatic carbocycles. The molecule has 2 aliphatic rings. The van der Waals surface area contributed by atoms with Gasteiger partial charge >= 0.3 is 6.18 Å². The first-order chi connectivity index (χ1) is 17.3. The van der Waals surface area contributed by atoms with Crippen LogP contribution in [-0.2, 0) is 11.2 Å². The number of ether oxygens (including phenoxy) is 1. The fraction of sp³-hybridized carbons (Fsp3) is 0.480. The minimum atomic E-state index is -4.46. The monoisotopic (exact) mass is 506 g/mol. The van der Waals surface area contributed by atoms with Gasteiger partial charge in [-0.15, -0.1) is 0 Å². The van der Waals surface area contributed by atoms with Gasteiger partial charge in [0.2, 0.25) is 5.90 Å². The molecule has 2 aliphatic heterocycles. The Labute approximate surface area is 207 Å². The quantitative estimate of drug-likeness (QED) is 0.239. The number of para-hydroxylation sites is 1. The van der Waals surface area contributed by atoms with Gasteiger partial charge in [0.15, 0.2) is 0 Å². The van der Waals surface area contributed by atoms with Crippen molar-refractivity contribution < 1.29 is 22.3 Å². The Morgan fingerprint density at radius 3 is 2.81 bits per heavy atom. The second-order valence-corrected chi connectivity index (χ2v) is 8.75. The molecule has 5 N–H and O–H groups in total. The number of aromatic nitrogens is 1. The number of nitrogens with one attached hydrogen (secondary N) is 3. The van der Waals surface area contributed by atoms with E-state index in [1.54, 1.807) is 0 Å². The molecule has 0 amide bonds. The van der Waals surface area contributed by atoms with Crippen LogP contribution < -0.4 is 16.4 Å². The lowest BCUT2D eigenvalue weighted by molar-refractivity contribution is -0.159. The highest BCUT2D eigenvalue weighted by Gasteiger charge is 2.46. The van der Waals surface area contributed by atoms with Gasteiger partial charge in [0.25, 0.3) is 0 Å². The summed E-state index contributed by atoms with van der Waals surface area (Å²) in [5.74, 6) is 5.51. The number of alkyl halides is 4. The largest absolute Gasteiger partial charge is 0.483 e. The number of rotatable bonds is 9. The molecule has 2 aromatic rings. The predicted octanol–water partition coefficient (Wildman–Crippen LogP) is 2.97. The number of hydrogen-bond acceptors (Lipinski definition) is 6. The van der Waals surface area contributed by atoms with E-state index < -0.39 is 30.8 Å². The van der Waals surface area contributed by atoms with Crippen molar-refractivity contribution in [1.29, 1.82) is 0 Å². The average Bonchev–Trinajstić information content (AvgIpc) is 3.07. The Kier molecular flexibility index (Phi) is 8.18. The van der Waals surface area contributed by atoms with Crippen LogP contribution in [0.3, 0.4) is 0 Å². The van der Waals surface area contributed by atoms with E-state index in [9.17, 15) is 17.6 Å². The molecule has 3 atom stereocenters. The van der Waals surface area contributed by atoms with Crippen LogP contribution in [0.5, 0.6) is 0 Å².